The lowest BCUT2D eigenvalue weighted by atomic mass is 10.1. The summed E-state index contributed by atoms with van der Waals surface area (Å²) in [6, 6.07) is 18.2. The van der Waals surface area contributed by atoms with E-state index in [1.54, 1.807) is 25.0 Å². The highest BCUT2D eigenvalue weighted by atomic mass is 32.2. The summed E-state index contributed by atoms with van der Waals surface area (Å²) in [5, 5.41) is 8.22. The van der Waals surface area contributed by atoms with Gasteiger partial charge in [-0.05, 0) is 40.6 Å². The van der Waals surface area contributed by atoms with Crippen molar-refractivity contribution in [2.75, 3.05) is 12.8 Å². The van der Waals surface area contributed by atoms with Gasteiger partial charge in [0.1, 0.15) is 0 Å². The van der Waals surface area contributed by atoms with E-state index in [4.69, 9.17) is 11.6 Å². The van der Waals surface area contributed by atoms with Gasteiger partial charge in [0.25, 0.3) is 5.91 Å². The molecule has 0 aliphatic carbocycles. The van der Waals surface area contributed by atoms with E-state index in [9.17, 15) is 4.79 Å². The third-order valence-corrected chi connectivity index (χ3v) is 6.59. The maximum absolute atomic E-state index is 12.7. The largest absolute Gasteiger partial charge is 0.382 e. The molecular weight excluding hydrogens is 458 g/mol. The minimum Gasteiger partial charge on any atom is -0.382 e. The summed E-state index contributed by atoms with van der Waals surface area (Å²) in [7, 11) is 1.63. The number of pyridine rings is 1. The molecule has 0 bridgehead atoms. The molecule has 2 heterocycles. The summed E-state index contributed by atoms with van der Waals surface area (Å²) in [5.74, 6) is 6.84. The van der Waals surface area contributed by atoms with Gasteiger partial charge in [-0.15, -0.1) is 16.9 Å². The van der Waals surface area contributed by atoms with Crippen LogP contribution in [0.25, 0.3) is 0 Å². The molecule has 0 radical (unpaired) electrons. The Balaban J connectivity index is 1.32. The van der Waals surface area contributed by atoms with Crippen LogP contribution >= 0.6 is 11.8 Å². The molecule has 35 heavy (non-hydrogen) atoms. The molecule has 3 aromatic rings. The second-order valence-electron chi connectivity index (χ2n) is 8.49. The molecule has 0 saturated carbocycles. The zero-order valence-corrected chi connectivity index (χ0v) is 20.9. The van der Waals surface area contributed by atoms with E-state index in [1.165, 1.54) is 10.0 Å². The lowest BCUT2D eigenvalue weighted by molar-refractivity contribution is 0.0950. The van der Waals surface area contributed by atoms with Crippen LogP contribution in [0.4, 0.5) is 0 Å². The summed E-state index contributed by atoms with van der Waals surface area (Å²) in [5.41, 5.74) is 11.7. The monoisotopic (exact) mass is 489 g/mol. The fourth-order valence-electron chi connectivity index (χ4n) is 3.98. The van der Waals surface area contributed by atoms with E-state index in [1.807, 2.05) is 30.3 Å². The Labute approximate surface area is 210 Å². The fraction of sp³-hybridized carbons (Fsp3) is 0.269. The first-order chi connectivity index (χ1) is 16.9. The van der Waals surface area contributed by atoms with Crippen LogP contribution in [-0.2, 0) is 26.2 Å². The van der Waals surface area contributed by atoms with Crippen molar-refractivity contribution in [3.05, 3.63) is 94.3 Å². The van der Waals surface area contributed by atoms with Gasteiger partial charge in [0.05, 0.1) is 11.3 Å². The molecule has 0 atom stereocenters. The number of nitrogens with zero attached hydrogens (tertiary/aromatic N) is 4. The zero-order valence-electron chi connectivity index (χ0n) is 20.1. The molecule has 5 N–H and O–H groups in total. The van der Waals surface area contributed by atoms with Crippen molar-refractivity contribution in [1.82, 2.24) is 20.3 Å². The third-order valence-electron chi connectivity index (χ3n) is 5.70. The molecule has 1 amide bonds. The molecule has 8 nitrogen and oxygen atoms in total. The number of aromatic nitrogens is 1. The smallest absolute Gasteiger partial charge is 0.253 e. The van der Waals surface area contributed by atoms with Crippen molar-refractivity contribution in [3.63, 3.8) is 0 Å². The predicted molar refractivity (Wildman–Crippen MR) is 140 cm³/mol. The molecule has 4 rings (SSSR count). The number of hydrazine groups is 1. The lowest BCUT2D eigenvalue weighted by Crippen LogP contribution is -2.25. The van der Waals surface area contributed by atoms with Crippen molar-refractivity contribution in [2.45, 2.75) is 38.0 Å². The van der Waals surface area contributed by atoms with Crippen molar-refractivity contribution in [2.24, 2.45) is 16.7 Å². The second-order valence-corrected chi connectivity index (χ2v) is 9.83. The van der Waals surface area contributed by atoms with E-state index in [2.05, 4.69) is 51.5 Å². The number of thioether (sulfide) groups is 1. The highest BCUT2D eigenvalue weighted by Crippen LogP contribution is 2.24. The van der Waals surface area contributed by atoms with E-state index < -0.39 is 0 Å². The zero-order chi connectivity index (χ0) is 24.8. The molecule has 0 unspecified atom stereocenters. The summed E-state index contributed by atoms with van der Waals surface area (Å²) >= 11 is 1.81. The number of amides is 1. The fourth-order valence-corrected chi connectivity index (χ4v) is 4.65. The summed E-state index contributed by atoms with van der Waals surface area (Å²) in [4.78, 5) is 20.8. The van der Waals surface area contributed by atoms with Gasteiger partial charge in [0, 0.05) is 49.9 Å². The molecule has 1 aliphatic heterocycles. The maximum Gasteiger partial charge on any atom is 0.253 e. The normalized spacial score (nSPS) is 13.5. The Morgan fingerprint density at radius 3 is 2.51 bits per heavy atom. The Morgan fingerprint density at radius 1 is 1.11 bits per heavy atom. The Bertz CT molecular complexity index is 1190. The first-order valence-electron chi connectivity index (χ1n) is 11.5. The summed E-state index contributed by atoms with van der Waals surface area (Å²) in [6.07, 6.45) is 1.67. The number of nitrogens with one attached hydrogen (secondary N) is 1. The van der Waals surface area contributed by atoms with Crippen LogP contribution in [0, 0.1) is 0 Å². The number of rotatable bonds is 9. The number of carbonyl (C=O) groups excluding carboxylic acids is 1. The van der Waals surface area contributed by atoms with E-state index >= 15 is 0 Å². The van der Waals surface area contributed by atoms with Crippen LogP contribution in [-0.4, -0.2) is 39.5 Å². The minimum absolute atomic E-state index is 0.108. The predicted octanol–water partition coefficient (Wildman–Crippen LogP) is 3.07. The van der Waals surface area contributed by atoms with Gasteiger partial charge in [-0.1, -0.05) is 43.3 Å². The first-order valence-corrected chi connectivity index (χ1v) is 12.5. The number of hydrogen-bond donors (Lipinski definition) is 3. The second kappa shape index (κ2) is 11.4. The highest BCUT2D eigenvalue weighted by molar-refractivity contribution is 7.99. The number of amidine groups is 1. The van der Waals surface area contributed by atoms with Crippen LogP contribution in [0.15, 0.2) is 70.8 Å². The van der Waals surface area contributed by atoms with Gasteiger partial charge in [-0.2, -0.15) is 0 Å². The molecule has 0 spiro atoms. The summed E-state index contributed by atoms with van der Waals surface area (Å²) in [6.45, 7) is 4.91. The molecule has 1 aliphatic rings. The minimum atomic E-state index is -0.108. The highest BCUT2D eigenvalue weighted by Gasteiger charge is 2.22. The van der Waals surface area contributed by atoms with Gasteiger partial charge in [0.15, 0.2) is 5.84 Å². The van der Waals surface area contributed by atoms with Gasteiger partial charge < -0.3 is 11.1 Å². The molecule has 0 fully saturated rings. The third kappa shape index (κ3) is 6.60. The van der Waals surface area contributed by atoms with E-state index in [0.29, 0.717) is 17.9 Å². The molecule has 2 aromatic carbocycles. The topological polar surface area (TPSA) is 113 Å². The molecule has 0 saturated heterocycles. The Morgan fingerprint density at radius 2 is 1.83 bits per heavy atom. The Hall–Kier alpha value is -3.40. The van der Waals surface area contributed by atoms with Gasteiger partial charge in [-0.3, -0.25) is 14.7 Å². The number of fused-ring (bicyclic) bond motifs is 1. The molecule has 182 valence electrons. The Kier molecular flexibility index (Phi) is 8.02. The van der Waals surface area contributed by atoms with Crippen LogP contribution in [0.2, 0.25) is 0 Å². The number of nitrogens with two attached hydrogens (primary N) is 2. The van der Waals surface area contributed by atoms with Crippen molar-refractivity contribution in [1.29, 1.82) is 0 Å². The van der Waals surface area contributed by atoms with Crippen molar-refractivity contribution in [3.8, 4) is 0 Å². The van der Waals surface area contributed by atoms with Crippen LogP contribution < -0.4 is 16.9 Å². The SMILES string of the molecule is CCSc1ccc(CNC(=O)c2cnc3c(c2)CN(Cc2ccc(/C(N)=N/N(C)N)cc2)C3)cc1. The maximum atomic E-state index is 12.7. The number of carbonyl (C=O) groups is 1. The standard InChI is InChI=1S/C26H31N7OS/c1-3-35-23-10-6-18(7-11-23)13-30-26(34)21-12-22-16-33(17-24(22)29-14-21)15-19-4-8-20(9-5-19)25(27)31-32(2)28/h4-12,14H,3,13,15-17,28H2,1-2H3,(H2,27,31)(H,30,34). The van der Waals surface area contributed by atoms with Gasteiger partial charge >= 0.3 is 0 Å². The number of hydrogen-bond acceptors (Lipinski definition) is 7. The lowest BCUT2D eigenvalue weighted by Gasteiger charge is -2.15. The van der Waals surface area contributed by atoms with Crippen LogP contribution in [0.5, 0.6) is 0 Å². The van der Waals surface area contributed by atoms with Crippen molar-refractivity contribution >= 4 is 23.5 Å². The average molecular weight is 490 g/mol. The van der Waals surface area contributed by atoms with E-state index in [-0.39, 0.29) is 5.91 Å². The van der Waals surface area contributed by atoms with E-state index in [0.717, 1.165) is 53.3 Å². The molecular formula is C26H31N7OS. The average Bonchev–Trinajstić information content (AvgIpc) is 3.25. The van der Waals surface area contributed by atoms with Gasteiger partial charge in [-0.25, -0.2) is 11.0 Å². The number of benzene rings is 2. The molecule has 9 heteroatoms. The summed E-state index contributed by atoms with van der Waals surface area (Å²) < 4.78 is 0. The van der Waals surface area contributed by atoms with Crippen LogP contribution in [0.1, 0.15) is 45.2 Å². The van der Waals surface area contributed by atoms with Gasteiger partial charge in [0.2, 0.25) is 0 Å². The quantitative estimate of drug-likeness (QED) is 0.139. The first kappa shape index (κ1) is 24.7. The van der Waals surface area contributed by atoms with Crippen LogP contribution in [0.3, 0.4) is 0 Å². The number of hydrazone groups is 1. The molecule has 1 aromatic heterocycles. The van der Waals surface area contributed by atoms with Crippen molar-refractivity contribution < 1.29 is 4.79 Å².